The first-order chi connectivity index (χ1) is 11.3. The number of carbonyl (C=O) groups excluding carboxylic acids is 1. The number of hydrogen-bond acceptors (Lipinski definition) is 1. The summed E-state index contributed by atoms with van der Waals surface area (Å²) in [5.41, 5.74) is 3.98. The van der Waals surface area contributed by atoms with Crippen molar-refractivity contribution in [1.82, 2.24) is 0 Å². The lowest BCUT2D eigenvalue weighted by molar-refractivity contribution is 0.0958. The quantitative estimate of drug-likeness (QED) is 0.550. The van der Waals surface area contributed by atoms with E-state index in [0.717, 1.165) is 28.7 Å². The molecule has 0 aliphatic rings. The van der Waals surface area contributed by atoms with Crippen LogP contribution in [-0.2, 0) is 0 Å². The molecule has 0 fully saturated rings. The van der Waals surface area contributed by atoms with Crippen molar-refractivity contribution in [1.29, 1.82) is 0 Å². The number of benzene rings is 3. The Morgan fingerprint density at radius 2 is 1.35 bits per heavy atom. The maximum Gasteiger partial charge on any atom is 0.170 e. The summed E-state index contributed by atoms with van der Waals surface area (Å²) in [5.74, 6) is 0.0965. The van der Waals surface area contributed by atoms with E-state index in [2.05, 4.69) is 19.1 Å². The van der Waals surface area contributed by atoms with E-state index >= 15 is 0 Å². The zero-order valence-corrected chi connectivity index (χ0v) is 13.3. The summed E-state index contributed by atoms with van der Waals surface area (Å²) in [6.45, 7) is 2.07. The smallest absolute Gasteiger partial charge is 0.170 e. The molecule has 1 atom stereocenters. The molecule has 3 aromatic carbocycles. The Bertz CT molecular complexity index is 775. The highest BCUT2D eigenvalue weighted by molar-refractivity contribution is 6.06. The van der Waals surface area contributed by atoms with Crippen LogP contribution in [0.3, 0.4) is 0 Å². The summed E-state index contributed by atoms with van der Waals surface area (Å²) in [7, 11) is 0. The van der Waals surface area contributed by atoms with Gasteiger partial charge in [-0.15, -0.1) is 0 Å². The molecule has 3 aromatic rings. The summed E-state index contributed by atoms with van der Waals surface area (Å²) in [4.78, 5) is 13.2. The molecule has 3 rings (SSSR count). The van der Waals surface area contributed by atoms with Crippen molar-refractivity contribution in [3.63, 3.8) is 0 Å². The van der Waals surface area contributed by atoms with Gasteiger partial charge in [0, 0.05) is 11.5 Å². The van der Waals surface area contributed by atoms with E-state index in [1.165, 1.54) is 0 Å². The van der Waals surface area contributed by atoms with Crippen molar-refractivity contribution in [2.45, 2.75) is 19.3 Å². The number of carbonyl (C=O) groups is 1. The minimum absolute atomic E-state index is 0.0962. The van der Waals surface area contributed by atoms with Crippen molar-refractivity contribution < 1.29 is 4.79 Å². The molecule has 0 aromatic heterocycles. The van der Waals surface area contributed by atoms with Gasteiger partial charge in [0.2, 0.25) is 0 Å². The summed E-state index contributed by atoms with van der Waals surface area (Å²) >= 11 is 0. The van der Waals surface area contributed by atoms with Gasteiger partial charge < -0.3 is 0 Å². The summed E-state index contributed by atoms with van der Waals surface area (Å²) in [6.07, 6.45) is 0.798. The number of rotatable bonds is 5. The second kappa shape index (κ2) is 7.06. The predicted molar refractivity (Wildman–Crippen MR) is 95.7 cm³/mol. The average molecular weight is 300 g/mol. The normalized spacial score (nSPS) is 11.9. The second-order valence-corrected chi connectivity index (χ2v) is 5.65. The van der Waals surface area contributed by atoms with E-state index in [9.17, 15) is 4.79 Å². The Hall–Kier alpha value is -2.67. The monoisotopic (exact) mass is 300 g/mol. The molecule has 23 heavy (non-hydrogen) atoms. The second-order valence-electron chi connectivity index (χ2n) is 5.65. The van der Waals surface area contributed by atoms with Crippen LogP contribution in [-0.4, -0.2) is 5.78 Å². The summed E-state index contributed by atoms with van der Waals surface area (Å²) < 4.78 is 0. The first-order valence-corrected chi connectivity index (χ1v) is 8.05. The van der Waals surface area contributed by atoms with Gasteiger partial charge in [0.05, 0.1) is 0 Å². The molecule has 0 saturated heterocycles. The van der Waals surface area contributed by atoms with Crippen molar-refractivity contribution in [3.05, 3.63) is 96.1 Å². The van der Waals surface area contributed by atoms with Gasteiger partial charge in [-0.05, 0) is 23.1 Å². The lowest BCUT2D eigenvalue weighted by Gasteiger charge is -2.17. The third-order valence-corrected chi connectivity index (χ3v) is 4.20. The van der Waals surface area contributed by atoms with Gasteiger partial charge >= 0.3 is 0 Å². The zero-order valence-electron chi connectivity index (χ0n) is 13.3. The van der Waals surface area contributed by atoms with Crippen LogP contribution in [0.1, 0.15) is 35.2 Å². The Kier molecular flexibility index (Phi) is 4.68. The van der Waals surface area contributed by atoms with Crippen LogP contribution in [0.5, 0.6) is 0 Å². The van der Waals surface area contributed by atoms with E-state index in [1.807, 2.05) is 72.8 Å². The van der Waals surface area contributed by atoms with E-state index in [-0.39, 0.29) is 11.7 Å². The molecule has 1 nitrogen and oxygen atoms in total. The van der Waals surface area contributed by atoms with E-state index in [4.69, 9.17) is 0 Å². The molecular weight excluding hydrogens is 280 g/mol. The van der Waals surface area contributed by atoms with Gasteiger partial charge in [0.25, 0.3) is 0 Å². The van der Waals surface area contributed by atoms with Gasteiger partial charge in [0.15, 0.2) is 5.78 Å². The average Bonchev–Trinajstić information content (AvgIpc) is 2.64. The molecule has 0 saturated carbocycles. The first kappa shape index (κ1) is 15.2. The fraction of sp³-hybridized carbons (Fsp3) is 0.136. The Morgan fingerprint density at radius 3 is 2.00 bits per heavy atom. The maximum atomic E-state index is 13.2. The zero-order chi connectivity index (χ0) is 16.1. The van der Waals surface area contributed by atoms with Crippen LogP contribution >= 0.6 is 0 Å². The Labute approximate surface area is 137 Å². The molecule has 0 spiro atoms. The van der Waals surface area contributed by atoms with E-state index in [1.54, 1.807) is 0 Å². The minimum atomic E-state index is -0.0962. The van der Waals surface area contributed by atoms with Gasteiger partial charge in [-0.1, -0.05) is 91.9 Å². The number of ketones is 1. The molecule has 0 aliphatic heterocycles. The lowest BCUT2D eigenvalue weighted by Crippen LogP contribution is -2.13. The molecule has 0 bridgehead atoms. The molecular formula is C22H20O. The van der Waals surface area contributed by atoms with Gasteiger partial charge in [0.1, 0.15) is 0 Å². The van der Waals surface area contributed by atoms with Gasteiger partial charge in [-0.25, -0.2) is 0 Å². The van der Waals surface area contributed by atoms with Crippen LogP contribution in [0.2, 0.25) is 0 Å². The molecule has 0 heterocycles. The largest absolute Gasteiger partial charge is 0.293 e. The number of Topliss-reactive ketones (excluding diaryl/α,β-unsaturated/α-hetero) is 1. The van der Waals surface area contributed by atoms with E-state index < -0.39 is 0 Å². The number of hydrogen-bond donors (Lipinski definition) is 0. The first-order valence-electron chi connectivity index (χ1n) is 8.05. The van der Waals surface area contributed by atoms with Gasteiger partial charge in [-0.3, -0.25) is 4.79 Å². The lowest BCUT2D eigenvalue weighted by atomic mass is 9.85. The Morgan fingerprint density at radius 1 is 0.783 bits per heavy atom. The maximum absolute atomic E-state index is 13.2. The highest BCUT2D eigenvalue weighted by Crippen LogP contribution is 2.30. The third-order valence-electron chi connectivity index (χ3n) is 4.20. The highest BCUT2D eigenvalue weighted by atomic mass is 16.1. The molecule has 114 valence electrons. The molecule has 1 heteroatoms. The van der Waals surface area contributed by atoms with Crippen LogP contribution in [0, 0.1) is 0 Å². The fourth-order valence-corrected chi connectivity index (χ4v) is 3.01. The SMILES string of the molecule is CCC(C(=O)c1ccccc1-c1ccccc1)c1ccccc1. The van der Waals surface area contributed by atoms with Crippen LogP contribution in [0.15, 0.2) is 84.9 Å². The van der Waals surface area contributed by atoms with Crippen molar-refractivity contribution in [2.75, 3.05) is 0 Å². The Balaban J connectivity index is 2.03. The van der Waals surface area contributed by atoms with Crippen molar-refractivity contribution >= 4 is 5.78 Å². The van der Waals surface area contributed by atoms with E-state index in [0.29, 0.717) is 0 Å². The van der Waals surface area contributed by atoms with Crippen molar-refractivity contribution in [2.24, 2.45) is 0 Å². The molecule has 1 unspecified atom stereocenters. The molecule has 0 N–H and O–H groups in total. The van der Waals surface area contributed by atoms with Crippen LogP contribution in [0.25, 0.3) is 11.1 Å². The molecule has 0 aliphatic carbocycles. The predicted octanol–water partition coefficient (Wildman–Crippen LogP) is 5.73. The summed E-state index contributed by atoms with van der Waals surface area (Å²) in [6, 6.07) is 28.1. The molecule has 0 amide bonds. The highest BCUT2D eigenvalue weighted by Gasteiger charge is 2.22. The van der Waals surface area contributed by atoms with Crippen LogP contribution in [0.4, 0.5) is 0 Å². The fourth-order valence-electron chi connectivity index (χ4n) is 3.01. The van der Waals surface area contributed by atoms with Crippen molar-refractivity contribution in [3.8, 4) is 11.1 Å². The standard InChI is InChI=1S/C22H20O/c1-2-19(17-11-5-3-6-12-17)22(23)21-16-10-9-15-20(21)18-13-7-4-8-14-18/h3-16,19H,2H2,1H3. The van der Waals surface area contributed by atoms with Gasteiger partial charge in [-0.2, -0.15) is 0 Å². The van der Waals surface area contributed by atoms with Crippen LogP contribution < -0.4 is 0 Å². The molecule has 0 radical (unpaired) electrons. The summed E-state index contributed by atoms with van der Waals surface area (Å²) in [5, 5.41) is 0. The topological polar surface area (TPSA) is 17.1 Å². The minimum Gasteiger partial charge on any atom is -0.293 e. The third kappa shape index (κ3) is 3.24.